The summed E-state index contributed by atoms with van der Waals surface area (Å²) >= 11 is 12.7. The van der Waals surface area contributed by atoms with Crippen LogP contribution in [0.1, 0.15) is 11.4 Å². The molecule has 1 saturated heterocycles. The minimum Gasteiger partial charge on any atom is -0.377 e. The molecule has 0 amide bonds. The summed E-state index contributed by atoms with van der Waals surface area (Å²) in [5.41, 5.74) is 4.46. The molecule has 1 aromatic carbocycles. The molecule has 9 heteroatoms. The number of pyridine rings is 2. The van der Waals surface area contributed by atoms with Crippen molar-refractivity contribution in [1.82, 2.24) is 24.8 Å². The molecule has 0 radical (unpaired) electrons. The van der Waals surface area contributed by atoms with E-state index >= 15 is 0 Å². The molecule has 0 unspecified atom stereocenters. The molecule has 0 spiro atoms. The molecule has 170 valence electrons. The number of piperazine rings is 1. The molecular weight excluding hydrogens is 459 g/mol. The van der Waals surface area contributed by atoms with Gasteiger partial charge in [0.2, 0.25) is 0 Å². The minimum atomic E-state index is 0.378. The van der Waals surface area contributed by atoms with E-state index in [1.165, 1.54) is 0 Å². The lowest BCUT2D eigenvalue weighted by Crippen LogP contribution is -2.43. The number of fused-ring (bicyclic) bond motifs is 1. The number of aromatic nitrogens is 4. The summed E-state index contributed by atoms with van der Waals surface area (Å²) < 4.78 is 7.49. The van der Waals surface area contributed by atoms with Gasteiger partial charge in [0.1, 0.15) is 23.8 Å². The van der Waals surface area contributed by atoms with E-state index in [2.05, 4.69) is 36.9 Å². The van der Waals surface area contributed by atoms with Crippen molar-refractivity contribution in [3.63, 3.8) is 0 Å². The lowest BCUT2D eigenvalue weighted by molar-refractivity contribution is 0.175. The first-order valence-corrected chi connectivity index (χ1v) is 11.6. The first-order valence-electron chi connectivity index (χ1n) is 10.8. The molecule has 0 aliphatic carbocycles. The third kappa shape index (κ3) is 4.68. The maximum atomic E-state index is 6.45. The molecule has 4 aromatic rings. The minimum absolute atomic E-state index is 0.378. The molecule has 0 atom stereocenters. The zero-order chi connectivity index (χ0) is 22.8. The summed E-state index contributed by atoms with van der Waals surface area (Å²) in [4.78, 5) is 16.4. The first kappa shape index (κ1) is 22.1. The summed E-state index contributed by atoms with van der Waals surface area (Å²) in [6, 6.07) is 11.7. The SMILES string of the molecule is COCc1nc2cnc(-c3ccc(N4CCNCC4)nc3)cc2n1Cc1cc(Cl)ccc1Cl. The van der Waals surface area contributed by atoms with E-state index < -0.39 is 0 Å². The summed E-state index contributed by atoms with van der Waals surface area (Å²) in [7, 11) is 1.66. The van der Waals surface area contributed by atoms with Crippen LogP contribution in [0.25, 0.3) is 22.3 Å². The molecule has 0 saturated carbocycles. The predicted molar refractivity (Wildman–Crippen MR) is 132 cm³/mol. The average molecular weight is 483 g/mol. The topological polar surface area (TPSA) is 68.1 Å². The van der Waals surface area contributed by atoms with Gasteiger partial charge >= 0.3 is 0 Å². The Morgan fingerprint density at radius 2 is 1.88 bits per heavy atom. The zero-order valence-corrected chi connectivity index (χ0v) is 19.8. The van der Waals surface area contributed by atoms with Crippen LogP contribution in [0.4, 0.5) is 5.82 Å². The Morgan fingerprint density at radius 3 is 2.64 bits per heavy atom. The van der Waals surface area contributed by atoms with Gasteiger partial charge in [-0.05, 0) is 42.0 Å². The van der Waals surface area contributed by atoms with E-state index in [4.69, 9.17) is 32.9 Å². The third-order valence-electron chi connectivity index (χ3n) is 5.81. The molecule has 7 nitrogen and oxygen atoms in total. The average Bonchev–Trinajstić information content (AvgIpc) is 3.18. The Bertz CT molecular complexity index is 1270. The van der Waals surface area contributed by atoms with Crippen molar-refractivity contribution in [2.24, 2.45) is 0 Å². The second-order valence-electron chi connectivity index (χ2n) is 7.98. The smallest absolute Gasteiger partial charge is 0.136 e. The van der Waals surface area contributed by atoms with Crippen molar-refractivity contribution in [2.75, 3.05) is 38.2 Å². The summed E-state index contributed by atoms with van der Waals surface area (Å²) in [6.45, 7) is 4.79. The molecule has 1 aliphatic heterocycles. The summed E-state index contributed by atoms with van der Waals surface area (Å²) in [5, 5.41) is 4.67. The number of nitrogens with one attached hydrogen (secondary N) is 1. The van der Waals surface area contributed by atoms with Crippen LogP contribution in [0.2, 0.25) is 10.0 Å². The van der Waals surface area contributed by atoms with Gasteiger partial charge in [-0.1, -0.05) is 23.2 Å². The lowest BCUT2D eigenvalue weighted by Gasteiger charge is -2.28. The van der Waals surface area contributed by atoms with E-state index in [1.807, 2.05) is 24.4 Å². The van der Waals surface area contributed by atoms with Crippen molar-refractivity contribution < 1.29 is 4.74 Å². The molecule has 33 heavy (non-hydrogen) atoms. The van der Waals surface area contributed by atoms with Gasteiger partial charge in [0.05, 0.1) is 24.0 Å². The zero-order valence-electron chi connectivity index (χ0n) is 18.3. The third-order valence-corrected chi connectivity index (χ3v) is 6.41. The number of hydrogen-bond acceptors (Lipinski definition) is 6. The summed E-state index contributed by atoms with van der Waals surface area (Å²) in [6.07, 6.45) is 3.68. The molecule has 0 bridgehead atoms. The lowest BCUT2D eigenvalue weighted by atomic mass is 10.1. The van der Waals surface area contributed by atoms with Crippen molar-refractivity contribution in [1.29, 1.82) is 0 Å². The van der Waals surface area contributed by atoms with Crippen LogP contribution in [0.5, 0.6) is 0 Å². The molecule has 1 N–H and O–H groups in total. The van der Waals surface area contributed by atoms with Crippen molar-refractivity contribution in [3.05, 3.63) is 70.2 Å². The summed E-state index contributed by atoms with van der Waals surface area (Å²) in [5.74, 6) is 1.79. The van der Waals surface area contributed by atoms with Crippen LogP contribution >= 0.6 is 23.2 Å². The van der Waals surface area contributed by atoms with Gasteiger partial charge in [-0.15, -0.1) is 0 Å². The maximum absolute atomic E-state index is 6.45. The second kappa shape index (κ2) is 9.65. The van der Waals surface area contributed by atoms with E-state index in [0.29, 0.717) is 23.2 Å². The van der Waals surface area contributed by atoms with E-state index in [9.17, 15) is 0 Å². The molecular formula is C24H24Cl2N6O. The number of ether oxygens (including phenoxy) is 1. The van der Waals surface area contributed by atoms with Crippen LogP contribution in [0, 0.1) is 0 Å². The molecule has 3 aromatic heterocycles. The highest BCUT2D eigenvalue weighted by Crippen LogP contribution is 2.27. The van der Waals surface area contributed by atoms with Gasteiger partial charge in [-0.3, -0.25) is 4.98 Å². The Morgan fingerprint density at radius 1 is 1.03 bits per heavy atom. The maximum Gasteiger partial charge on any atom is 0.136 e. The predicted octanol–water partition coefficient (Wildman–Crippen LogP) is 4.40. The van der Waals surface area contributed by atoms with Crippen LogP contribution in [-0.2, 0) is 17.9 Å². The largest absolute Gasteiger partial charge is 0.377 e. The monoisotopic (exact) mass is 482 g/mol. The fourth-order valence-corrected chi connectivity index (χ4v) is 4.48. The van der Waals surface area contributed by atoms with Crippen LogP contribution in [-0.4, -0.2) is 52.8 Å². The van der Waals surface area contributed by atoms with Crippen molar-refractivity contribution >= 4 is 40.1 Å². The van der Waals surface area contributed by atoms with Crippen molar-refractivity contribution in [2.45, 2.75) is 13.2 Å². The molecule has 4 heterocycles. The van der Waals surface area contributed by atoms with Crippen LogP contribution in [0.15, 0.2) is 48.8 Å². The number of anilines is 1. The van der Waals surface area contributed by atoms with Gasteiger partial charge in [0.25, 0.3) is 0 Å². The normalized spacial score (nSPS) is 14.2. The van der Waals surface area contributed by atoms with Gasteiger partial charge < -0.3 is 19.5 Å². The number of halogens is 2. The highest BCUT2D eigenvalue weighted by Gasteiger charge is 2.16. The van der Waals surface area contributed by atoms with Gasteiger partial charge in [0, 0.05) is 55.1 Å². The highest BCUT2D eigenvalue weighted by atomic mass is 35.5. The molecule has 5 rings (SSSR count). The van der Waals surface area contributed by atoms with Crippen LogP contribution < -0.4 is 10.2 Å². The quantitative estimate of drug-likeness (QED) is 0.439. The number of rotatable bonds is 6. The molecule has 1 fully saturated rings. The van der Waals surface area contributed by atoms with Crippen molar-refractivity contribution in [3.8, 4) is 11.3 Å². The molecule has 1 aliphatic rings. The Balaban J connectivity index is 1.51. The number of methoxy groups -OCH3 is 1. The Kier molecular flexibility index (Phi) is 6.46. The van der Waals surface area contributed by atoms with E-state index in [1.54, 1.807) is 19.4 Å². The number of imidazole rings is 1. The van der Waals surface area contributed by atoms with Gasteiger partial charge in [-0.25, -0.2) is 9.97 Å². The second-order valence-corrected chi connectivity index (χ2v) is 8.83. The number of nitrogens with zero attached hydrogens (tertiary/aromatic N) is 5. The first-order chi connectivity index (χ1) is 16.1. The Labute approximate surface area is 202 Å². The standard InChI is InChI=1S/C24H24Cl2N6O/c1-33-15-24-30-21-13-28-20(16-2-5-23(29-12-16)31-8-6-27-7-9-31)11-22(21)32(24)14-17-10-18(25)3-4-19(17)26/h2-5,10-13,27H,6-9,14-15H2,1H3. The fourth-order valence-electron chi connectivity index (χ4n) is 4.11. The Hall–Kier alpha value is -2.71. The van der Waals surface area contributed by atoms with Crippen LogP contribution in [0.3, 0.4) is 0 Å². The van der Waals surface area contributed by atoms with E-state index in [-0.39, 0.29) is 0 Å². The number of benzene rings is 1. The van der Waals surface area contributed by atoms with Gasteiger partial charge in [-0.2, -0.15) is 0 Å². The van der Waals surface area contributed by atoms with Gasteiger partial charge in [0.15, 0.2) is 0 Å². The number of hydrogen-bond donors (Lipinski definition) is 1. The highest BCUT2D eigenvalue weighted by molar-refractivity contribution is 6.33. The fraction of sp³-hybridized carbons (Fsp3) is 0.292. The van der Waals surface area contributed by atoms with E-state index in [0.717, 1.165) is 65.7 Å².